The molecule has 6 heteroatoms. The molecule has 0 saturated heterocycles. The lowest BCUT2D eigenvalue weighted by Crippen LogP contribution is -2.30. The van der Waals surface area contributed by atoms with E-state index in [1.165, 1.54) is 30.3 Å². The molecule has 2 rings (SSSR count). The molecule has 0 heterocycles. The quantitative estimate of drug-likeness (QED) is 0.462. The third-order valence-corrected chi connectivity index (χ3v) is 3.45. The summed E-state index contributed by atoms with van der Waals surface area (Å²) in [4.78, 5) is 0. The van der Waals surface area contributed by atoms with Crippen molar-refractivity contribution < 1.29 is 8.78 Å². The molecule has 1 unspecified atom stereocenters. The Morgan fingerprint density at radius 1 is 1.20 bits per heavy atom. The summed E-state index contributed by atoms with van der Waals surface area (Å²) in [6.07, 6.45) is 0.162. The maximum Gasteiger partial charge on any atom is 0.127 e. The van der Waals surface area contributed by atoms with Crippen molar-refractivity contribution in [1.82, 2.24) is 5.43 Å². The van der Waals surface area contributed by atoms with E-state index < -0.39 is 17.7 Å². The lowest BCUT2D eigenvalue weighted by molar-refractivity contribution is 0.526. The highest BCUT2D eigenvalue weighted by Gasteiger charge is 2.18. The summed E-state index contributed by atoms with van der Waals surface area (Å²) in [5.74, 6) is 4.60. The van der Waals surface area contributed by atoms with Gasteiger partial charge in [-0.15, -0.1) is 0 Å². The molecule has 0 aliphatic rings. The Hall–Kier alpha value is -1.69. The molecule has 0 radical (unpaired) electrons. The van der Waals surface area contributed by atoms with Crippen molar-refractivity contribution in [1.29, 1.82) is 0 Å². The van der Waals surface area contributed by atoms with Gasteiger partial charge < -0.3 is 5.73 Å². The minimum atomic E-state index is -0.542. The molecule has 2 aromatic carbocycles. The van der Waals surface area contributed by atoms with Crippen LogP contribution in [0.4, 0.5) is 14.5 Å². The van der Waals surface area contributed by atoms with Crippen LogP contribution >= 0.6 is 11.6 Å². The fourth-order valence-electron chi connectivity index (χ4n) is 2.04. The molecular weight excluding hydrogens is 284 g/mol. The Bertz CT molecular complexity index is 599. The SMILES string of the molecule is NNC(Cc1c(F)cccc1Cl)c1cc(F)ccc1N. The highest BCUT2D eigenvalue weighted by Crippen LogP contribution is 2.28. The monoisotopic (exact) mass is 297 g/mol. The molecule has 106 valence electrons. The summed E-state index contributed by atoms with van der Waals surface area (Å²) in [6, 6.07) is 7.84. The highest BCUT2D eigenvalue weighted by atomic mass is 35.5. The predicted octanol–water partition coefficient (Wildman–Crippen LogP) is 2.95. The summed E-state index contributed by atoms with van der Waals surface area (Å²) < 4.78 is 27.1. The van der Waals surface area contributed by atoms with Crippen LogP contribution in [0.3, 0.4) is 0 Å². The van der Waals surface area contributed by atoms with E-state index in [2.05, 4.69) is 5.43 Å². The van der Waals surface area contributed by atoms with Gasteiger partial charge in [0.25, 0.3) is 0 Å². The molecule has 0 fully saturated rings. The number of nitrogens with one attached hydrogen (secondary N) is 1. The maximum atomic E-state index is 13.8. The van der Waals surface area contributed by atoms with E-state index in [4.69, 9.17) is 23.2 Å². The smallest absolute Gasteiger partial charge is 0.127 e. The summed E-state index contributed by atoms with van der Waals surface area (Å²) in [7, 11) is 0. The first-order valence-electron chi connectivity index (χ1n) is 5.97. The third kappa shape index (κ3) is 3.07. The van der Waals surface area contributed by atoms with Gasteiger partial charge in [-0.2, -0.15) is 0 Å². The van der Waals surface area contributed by atoms with Crippen molar-refractivity contribution in [2.45, 2.75) is 12.5 Å². The maximum absolute atomic E-state index is 13.8. The number of hydrogen-bond donors (Lipinski definition) is 3. The molecular formula is C14H14ClF2N3. The predicted molar refractivity (Wildman–Crippen MR) is 76.0 cm³/mol. The fraction of sp³-hybridized carbons (Fsp3) is 0.143. The molecule has 0 amide bonds. The molecule has 0 bridgehead atoms. The van der Waals surface area contributed by atoms with Crippen LogP contribution < -0.4 is 17.0 Å². The summed E-state index contributed by atoms with van der Waals surface area (Å²) in [6.45, 7) is 0. The second-order valence-electron chi connectivity index (χ2n) is 4.40. The zero-order valence-corrected chi connectivity index (χ0v) is 11.3. The zero-order valence-electron chi connectivity index (χ0n) is 10.5. The van der Waals surface area contributed by atoms with Gasteiger partial charge >= 0.3 is 0 Å². The Balaban J connectivity index is 2.36. The van der Waals surface area contributed by atoms with Crippen LogP contribution in [0.1, 0.15) is 17.2 Å². The van der Waals surface area contributed by atoms with Crippen LogP contribution in [0.15, 0.2) is 36.4 Å². The first-order chi connectivity index (χ1) is 9.52. The molecule has 0 aliphatic heterocycles. The molecule has 20 heavy (non-hydrogen) atoms. The van der Waals surface area contributed by atoms with Crippen molar-refractivity contribution >= 4 is 17.3 Å². The van der Waals surface area contributed by atoms with Gasteiger partial charge in [0.2, 0.25) is 0 Å². The third-order valence-electron chi connectivity index (χ3n) is 3.10. The van der Waals surface area contributed by atoms with Crippen LogP contribution in [-0.4, -0.2) is 0 Å². The second kappa shape index (κ2) is 6.17. The molecule has 0 spiro atoms. The number of anilines is 1. The Morgan fingerprint density at radius 3 is 2.60 bits per heavy atom. The molecule has 5 N–H and O–H groups in total. The largest absolute Gasteiger partial charge is 0.398 e. The van der Waals surface area contributed by atoms with Gasteiger partial charge in [-0.25, -0.2) is 8.78 Å². The van der Waals surface area contributed by atoms with E-state index in [1.54, 1.807) is 6.07 Å². The first kappa shape index (κ1) is 14.7. The molecule has 3 nitrogen and oxygen atoms in total. The lowest BCUT2D eigenvalue weighted by Gasteiger charge is -2.19. The van der Waals surface area contributed by atoms with Crippen molar-refractivity contribution in [3.05, 3.63) is 64.2 Å². The van der Waals surface area contributed by atoms with Crippen LogP contribution in [0.5, 0.6) is 0 Å². The minimum Gasteiger partial charge on any atom is -0.398 e. The van der Waals surface area contributed by atoms with Crippen molar-refractivity contribution in [2.24, 2.45) is 5.84 Å². The number of nitrogens with two attached hydrogens (primary N) is 2. The number of rotatable bonds is 4. The van der Waals surface area contributed by atoms with Crippen LogP contribution in [0.25, 0.3) is 0 Å². The van der Waals surface area contributed by atoms with E-state index in [1.807, 2.05) is 0 Å². The van der Waals surface area contributed by atoms with Crippen LogP contribution in [-0.2, 0) is 6.42 Å². The van der Waals surface area contributed by atoms with E-state index in [0.29, 0.717) is 21.8 Å². The van der Waals surface area contributed by atoms with Crippen molar-refractivity contribution in [3.63, 3.8) is 0 Å². The zero-order chi connectivity index (χ0) is 14.7. The summed E-state index contributed by atoms with van der Waals surface area (Å²) in [5, 5.41) is 0.292. The van der Waals surface area contributed by atoms with Gasteiger partial charge in [0.05, 0.1) is 6.04 Å². The standard InChI is InChI=1S/C14H14ClF2N3/c15-11-2-1-3-12(17)9(11)7-14(20-19)10-6-8(16)4-5-13(10)18/h1-6,14,20H,7,18-19H2. The van der Waals surface area contributed by atoms with Gasteiger partial charge in [0.1, 0.15) is 11.6 Å². The van der Waals surface area contributed by atoms with E-state index in [9.17, 15) is 8.78 Å². The fourth-order valence-corrected chi connectivity index (χ4v) is 2.28. The highest BCUT2D eigenvalue weighted by molar-refractivity contribution is 6.31. The van der Waals surface area contributed by atoms with Crippen LogP contribution in [0, 0.1) is 11.6 Å². The Labute approximate surface area is 120 Å². The molecule has 2 aromatic rings. The van der Waals surface area contributed by atoms with Gasteiger partial charge in [0, 0.05) is 16.3 Å². The Morgan fingerprint density at radius 2 is 1.95 bits per heavy atom. The van der Waals surface area contributed by atoms with E-state index in [0.717, 1.165) is 0 Å². The number of nitrogen functional groups attached to an aromatic ring is 1. The molecule has 0 aliphatic carbocycles. The van der Waals surface area contributed by atoms with Crippen molar-refractivity contribution in [3.8, 4) is 0 Å². The summed E-state index contributed by atoms with van der Waals surface area (Å²) >= 11 is 5.98. The van der Waals surface area contributed by atoms with Crippen molar-refractivity contribution in [2.75, 3.05) is 5.73 Å². The second-order valence-corrected chi connectivity index (χ2v) is 4.80. The van der Waals surface area contributed by atoms with Gasteiger partial charge in [0.15, 0.2) is 0 Å². The topological polar surface area (TPSA) is 64.1 Å². The molecule has 0 aromatic heterocycles. The van der Waals surface area contributed by atoms with E-state index in [-0.39, 0.29) is 6.42 Å². The first-order valence-corrected chi connectivity index (χ1v) is 6.34. The number of hydrogen-bond acceptors (Lipinski definition) is 3. The summed E-state index contributed by atoms with van der Waals surface area (Å²) in [5.41, 5.74) is 9.47. The number of hydrazine groups is 1. The van der Waals surface area contributed by atoms with Gasteiger partial charge in [-0.05, 0) is 42.3 Å². The van der Waals surface area contributed by atoms with E-state index >= 15 is 0 Å². The number of halogens is 3. The molecule has 0 saturated carbocycles. The minimum absolute atomic E-state index is 0.162. The van der Waals surface area contributed by atoms with Gasteiger partial charge in [-0.1, -0.05) is 17.7 Å². The number of benzene rings is 2. The lowest BCUT2D eigenvalue weighted by atomic mass is 9.97. The Kier molecular flexibility index (Phi) is 4.54. The molecule has 1 atom stereocenters. The van der Waals surface area contributed by atoms with Crippen LogP contribution in [0.2, 0.25) is 5.02 Å². The normalized spacial score (nSPS) is 12.4. The average Bonchev–Trinajstić information content (AvgIpc) is 2.42. The van der Waals surface area contributed by atoms with Gasteiger partial charge in [-0.3, -0.25) is 11.3 Å². The average molecular weight is 298 g/mol.